The van der Waals surface area contributed by atoms with Gasteiger partial charge in [-0.05, 0) is 29.7 Å². The number of rotatable bonds is 3. The Kier molecular flexibility index (Phi) is 3.96. The zero-order valence-electron chi connectivity index (χ0n) is 13.5. The Balaban J connectivity index is 1.63. The lowest BCUT2D eigenvalue weighted by Gasteiger charge is -2.31. The quantitative estimate of drug-likeness (QED) is 0.848. The van der Waals surface area contributed by atoms with E-state index >= 15 is 0 Å². The van der Waals surface area contributed by atoms with Crippen LogP contribution in [0.3, 0.4) is 0 Å². The number of furan rings is 1. The second kappa shape index (κ2) is 6.00. The van der Waals surface area contributed by atoms with Crippen LogP contribution in [0, 0.1) is 0 Å². The van der Waals surface area contributed by atoms with Crippen molar-refractivity contribution >= 4 is 10.0 Å². The first-order valence-electron chi connectivity index (χ1n) is 8.02. The minimum Gasteiger partial charge on any atom is -0.468 e. The highest BCUT2D eigenvalue weighted by Gasteiger charge is 2.47. The first-order chi connectivity index (χ1) is 11.6. The second-order valence-corrected chi connectivity index (χ2v) is 8.39. The summed E-state index contributed by atoms with van der Waals surface area (Å²) in [5, 5.41) is 0.915. The average molecular weight is 348 g/mol. The van der Waals surface area contributed by atoms with E-state index in [0.29, 0.717) is 18.8 Å². The van der Waals surface area contributed by atoms with Gasteiger partial charge in [0, 0.05) is 20.1 Å². The summed E-state index contributed by atoms with van der Waals surface area (Å²) in [4.78, 5) is 5.52. The summed E-state index contributed by atoms with van der Waals surface area (Å²) in [5.41, 5.74) is 2.31. The molecule has 0 radical (unpaired) electrons. The van der Waals surface area contributed by atoms with Crippen molar-refractivity contribution in [3.05, 3.63) is 59.5 Å². The lowest BCUT2D eigenvalue weighted by molar-refractivity contribution is -0.113. The van der Waals surface area contributed by atoms with E-state index in [9.17, 15) is 8.42 Å². The molecular formula is C17H20N2O4S. The fourth-order valence-corrected chi connectivity index (χ4v) is 5.46. The van der Waals surface area contributed by atoms with Gasteiger partial charge < -0.3 is 4.42 Å². The number of sulfonamides is 1. The fraction of sp³-hybridized carbons (Fsp3) is 0.412. The average Bonchev–Trinajstić information content (AvgIpc) is 3.23. The third kappa shape index (κ3) is 2.57. The molecule has 1 aromatic carbocycles. The summed E-state index contributed by atoms with van der Waals surface area (Å²) in [5.74, 6) is 0.612. The van der Waals surface area contributed by atoms with Gasteiger partial charge in [-0.3, -0.25) is 4.84 Å². The molecule has 1 aromatic heterocycles. The van der Waals surface area contributed by atoms with Crippen molar-refractivity contribution in [3.63, 3.8) is 0 Å². The molecule has 0 saturated carbocycles. The van der Waals surface area contributed by atoms with Gasteiger partial charge in [-0.2, -0.15) is 9.37 Å². The van der Waals surface area contributed by atoms with E-state index in [0.717, 1.165) is 12.0 Å². The maximum absolute atomic E-state index is 13.2. The van der Waals surface area contributed by atoms with Crippen LogP contribution in [0.2, 0.25) is 0 Å². The molecule has 2 atom stereocenters. The van der Waals surface area contributed by atoms with Crippen LogP contribution in [0.5, 0.6) is 0 Å². The topological polar surface area (TPSA) is 63.0 Å². The van der Waals surface area contributed by atoms with Gasteiger partial charge in [0.25, 0.3) is 0 Å². The number of fused-ring (bicyclic) bond motifs is 1. The van der Waals surface area contributed by atoms with Crippen molar-refractivity contribution in [2.24, 2.45) is 0 Å². The first kappa shape index (κ1) is 15.8. The normalized spacial score (nSPS) is 25.7. The van der Waals surface area contributed by atoms with Gasteiger partial charge in [-0.1, -0.05) is 24.3 Å². The lowest BCUT2D eigenvalue weighted by atomic mass is 10.0. The minimum absolute atomic E-state index is 0.141. The Labute approximate surface area is 141 Å². The maximum atomic E-state index is 13.2. The zero-order chi connectivity index (χ0) is 16.7. The van der Waals surface area contributed by atoms with Crippen molar-refractivity contribution in [2.75, 3.05) is 20.2 Å². The number of hydrogen-bond acceptors (Lipinski definition) is 5. The number of benzene rings is 1. The van der Waals surface area contributed by atoms with E-state index in [2.05, 4.69) is 6.07 Å². The van der Waals surface area contributed by atoms with Crippen LogP contribution in [0.15, 0.2) is 47.1 Å². The lowest BCUT2D eigenvalue weighted by Crippen LogP contribution is -2.44. The van der Waals surface area contributed by atoms with E-state index in [4.69, 9.17) is 9.25 Å². The Morgan fingerprint density at radius 3 is 2.67 bits per heavy atom. The van der Waals surface area contributed by atoms with E-state index in [1.807, 2.05) is 18.2 Å². The molecule has 1 saturated heterocycles. The Morgan fingerprint density at radius 1 is 1.12 bits per heavy atom. The van der Waals surface area contributed by atoms with Crippen molar-refractivity contribution in [3.8, 4) is 0 Å². The van der Waals surface area contributed by atoms with Crippen molar-refractivity contribution in [1.82, 2.24) is 9.37 Å². The molecule has 0 amide bonds. The van der Waals surface area contributed by atoms with E-state index in [1.54, 1.807) is 34.8 Å². The van der Waals surface area contributed by atoms with Gasteiger partial charge in [0.05, 0.1) is 12.9 Å². The van der Waals surface area contributed by atoms with E-state index in [-0.39, 0.29) is 6.61 Å². The van der Waals surface area contributed by atoms with E-state index < -0.39 is 21.3 Å². The van der Waals surface area contributed by atoms with Crippen LogP contribution in [-0.4, -0.2) is 43.2 Å². The van der Waals surface area contributed by atoms with Crippen LogP contribution in [0.4, 0.5) is 0 Å². The third-order valence-electron chi connectivity index (χ3n) is 4.86. The summed E-state index contributed by atoms with van der Waals surface area (Å²) >= 11 is 0. The first-order valence-corrected chi connectivity index (χ1v) is 9.52. The van der Waals surface area contributed by atoms with Gasteiger partial charge in [-0.25, -0.2) is 8.42 Å². The summed E-state index contributed by atoms with van der Waals surface area (Å²) in [6.07, 6.45) is 2.30. The molecule has 7 heteroatoms. The molecule has 3 heterocycles. The van der Waals surface area contributed by atoms with Gasteiger partial charge in [0.1, 0.15) is 17.1 Å². The molecule has 128 valence electrons. The van der Waals surface area contributed by atoms with Crippen LogP contribution >= 0.6 is 0 Å². The van der Waals surface area contributed by atoms with Crippen molar-refractivity contribution in [1.29, 1.82) is 0 Å². The highest BCUT2D eigenvalue weighted by Crippen LogP contribution is 2.36. The molecule has 2 aromatic rings. The molecule has 4 rings (SSSR count). The summed E-state index contributed by atoms with van der Waals surface area (Å²) in [6, 6.07) is 11.1. The van der Waals surface area contributed by atoms with Crippen molar-refractivity contribution < 1.29 is 17.7 Å². The summed E-state index contributed by atoms with van der Waals surface area (Å²) in [6.45, 7) is 1.07. The standard InChI is InChI=1S/C17H20N2O4S/c1-18-17(15-7-4-10-22-15)16(12-23-18)24(20,21)19-9-8-13-5-2-3-6-14(13)11-19/h2-7,10,16-17H,8-9,11-12H2,1H3. The zero-order valence-corrected chi connectivity index (χ0v) is 14.3. The Morgan fingerprint density at radius 2 is 1.92 bits per heavy atom. The molecule has 0 N–H and O–H groups in total. The number of nitrogens with zero attached hydrogens (tertiary/aromatic N) is 2. The van der Waals surface area contributed by atoms with Crippen LogP contribution in [0.1, 0.15) is 22.9 Å². The predicted molar refractivity (Wildman–Crippen MR) is 88.4 cm³/mol. The molecule has 2 unspecified atom stereocenters. The Hall–Kier alpha value is -1.67. The SMILES string of the molecule is CN1OCC(S(=O)(=O)N2CCc3ccccc3C2)C1c1ccco1. The van der Waals surface area contributed by atoms with Gasteiger partial charge in [-0.15, -0.1) is 0 Å². The largest absolute Gasteiger partial charge is 0.468 e. The molecule has 1 fully saturated rings. The highest BCUT2D eigenvalue weighted by atomic mass is 32.2. The van der Waals surface area contributed by atoms with Crippen molar-refractivity contribution in [2.45, 2.75) is 24.3 Å². The molecule has 0 spiro atoms. The molecule has 0 aliphatic carbocycles. The maximum Gasteiger partial charge on any atom is 0.221 e. The molecule has 2 aliphatic rings. The molecule has 24 heavy (non-hydrogen) atoms. The van der Waals surface area contributed by atoms with Crippen LogP contribution < -0.4 is 0 Å². The fourth-order valence-electron chi connectivity index (χ4n) is 3.55. The second-order valence-electron chi connectivity index (χ2n) is 6.24. The van der Waals surface area contributed by atoms with Crippen LogP contribution in [0.25, 0.3) is 0 Å². The minimum atomic E-state index is -3.51. The Bertz CT molecular complexity index is 819. The number of hydroxylamine groups is 2. The molecule has 6 nitrogen and oxygen atoms in total. The predicted octanol–water partition coefficient (Wildman–Crippen LogP) is 1.95. The van der Waals surface area contributed by atoms with Gasteiger partial charge in [0.2, 0.25) is 10.0 Å². The monoisotopic (exact) mass is 348 g/mol. The van der Waals surface area contributed by atoms with Crippen LogP contribution in [-0.2, 0) is 27.8 Å². The molecule has 0 bridgehead atoms. The third-order valence-corrected chi connectivity index (χ3v) is 7.05. The summed E-state index contributed by atoms with van der Waals surface area (Å²) in [7, 11) is -1.76. The number of hydrogen-bond donors (Lipinski definition) is 0. The van der Waals surface area contributed by atoms with E-state index in [1.165, 1.54) is 5.56 Å². The molecular weight excluding hydrogens is 328 g/mol. The summed E-state index contributed by atoms with van der Waals surface area (Å²) < 4.78 is 33.5. The molecule has 2 aliphatic heterocycles. The van der Waals surface area contributed by atoms with Gasteiger partial charge in [0.15, 0.2) is 0 Å². The smallest absolute Gasteiger partial charge is 0.221 e. The van der Waals surface area contributed by atoms with Gasteiger partial charge >= 0.3 is 0 Å². The highest BCUT2D eigenvalue weighted by molar-refractivity contribution is 7.89.